The maximum atomic E-state index is 13.6. The fraction of sp³-hybridized carbons (Fsp3) is 0.594. The summed E-state index contributed by atoms with van der Waals surface area (Å²) in [5, 5.41) is 4.69. The zero-order valence-corrected chi connectivity index (χ0v) is 24.8. The average Bonchev–Trinajstić information content (AvgIpc) is 3.28. The number of likely N-dealkylation sites (tertiary alicyclic amines) is 1. The van der Waals surface area contributed by atoms with Crippen LogP contribution in [0, 0.1) is 35.5 Å². The normalized spacial score (nSPS) is 28.0. The monoisotopic (exact) mass is 569 g/mol. The number of fused-ring (bicyclic) bond motifs is 2. The van der Waals surface area contributed by atoms with E-state index in [0.717, 1.165) is 54.5 Å². The molecule has 0 aromatic carbocycles. The number of aromatic nitrogens is 4. The van der Waals surface area contributed by atoms with Crippen molar-refractivity contribution in [2.45, 2.75) is 46.0 Å². The number of rotatable bonds is 5. The Kier molecular flexibility index (Phi) is 5.66. The van der Waals surface area contributed by atoms with Crippen LogP contribution in [0.25, 0.3) is 5.65 Å². The Morgan fingerprint density at radius 2 is 1.76 bits per heavy atom. The largest absolute Gasteiger partial charge is 0.464 e. The van der Waals surface area contributed by atoms with Crippen LogP contribution >= 0.6 is 0 Å². The minimum atomic E-state index is -0.436. The summed E-state index contributed by atoms with van der Waals surface area (Å²) in [7, 11) is 1.36. The molecule has 220 valence electrons. The van der Waals surface area contributed by atoms with E-state index in [4.69, 9.17) is 14.8 Å². The van der Waals surface area contributed by atoms with Gasteiger partial charge < -0.3 is 19.4 Å². The molecule has 3 saturated heterocycles. The minimum absolute atomic E-state index is 0.0980. The molecule has 2 aliphatic carbocycles. The first-order valence-electron chi connectivity index (χ1n) is 15.4. The zero-order valence-electron chi connectivity index (χ0n) is 24.8. The summed E-state index contributed by atoms with van der Waals surface area (Å²) in [5.74, 6) is 2.06. The molecule has 42 heavy (non-hydrogen) atoms. The van der Waals surface area contributed by atoms with Crippen LogP contribution in [0.15, 0.2) is 30.5 Å². The van der Waals surface area contributed by atoms with Gasteiger partial charge in [-0.1, -0.05) is 13.0 Å². The first kappa shape index (κ1) is 26.0. The van der Waals surface area contributed by atoms with E-state index in [2.05, 4.69) is 40.9 Å². The highest BCUT2D eigenvalue weighted by Crippen LogP contribution is 2.68. The van der Waals surface area contributed by atoms with E-state index >= 15 is 0 Å². The van der Waals surface area contributed by atoms with Gasteiger partial charge in [-0.3, -0.25) is 4.79 Å². The van der Waals surface area contributed by atoms with Gasteiger partial charge in [-0.25, -0.2) is 19.3 Å². The molecule has 1 amide bonds. The zero-order chi connectivity index (χ0) is 28.8. The Morgan fingerprint density at radius 3 is 2.48 bits per heavy atom. The molecule has 3 unspecified atom stereocenters. The van der Waals surface area contributed by atoms with E-state index in [-0.39, 0.29) is 11.7 Å². The molecule has 0 bridgehead atoms. The number of pyridine rings is 2. The molecule has 10 heteroatoms. The van der Waals surface area contributed by atoms with Gasteiger partial charge >= 0.3 is 5.97 Å². The number of aryl methyl sites for hydroxylation is 1. The van der Waals surface area contributed by atoms with Crippen molar-refractivity contribution in [2.75, 3.05) is 56.2 Å². The van der Waals surface area contributed by atoms with Crippen LogP contribution in [0.3, 0.4) is 0 Å². The molecule has 10 nitrogen and oxygen atoms in total. The van der Waals surface area contributed by atoms with E-state index in [1.165, 1.54) is 44.9 Å². The third kappa shape index (κ3) is 4.16. The minimum Gasteiger partial charge on any atom is -0.464 e. The Hall–Kier alpha value is -3.69. The van der Waals surface area contributed by atoms with Gasteiger partial charge in [-0.2, -0.15) is 0 Å². The lowest BCUT2D eigenvalue weighted by Gasteiger charge is -2.46. The third-order valence-corrected chi connectivity index (χ3v) is 11.2. The van der Waals surface area contributed by atoms with Gasteiger partial charge in [0.1, 0.15) is 5.82 Å². The Bertz CT molecular complexity index is 1580. The first-order valence-corrected chi connectivity index (χ1v) is 15.4. The molecular formula is C32H39N7O3. The highest BCUT2D eigenvalue weighted by atomic mass is 16.5. The molecule has 3 aliphatic heterocycles. The number of carbonyl (C=O) groups excluding carboxylic acids is 2. The van der Waals surface area contributed by atoms with Crippen molar-refractivity contribution >= 4 is 29.0 Å². The molecule has 3 aromatic rings. The van der Waals surface area contributed by atoms with Crippen LogP contribution in [-0.2, 0) is 4.74 Å². The predicted molar refractivity (Wildman–Crippen MR) is 158 cm³/mol. The van der Waals surface area contributed by atoms with Crippen LogP contribution in [0.4, 0.5) is 11.5 Å². The number of ether oxygens (including phenoxy) is 1. The summed E-state index contributed by atoms with van der Waals surface area (Å²) in [6.45, 7) is 9.66. The second-order valence-corrected chi connectivity index (χ2v) is 14.0. The molecule has 6 heterocycles. The Labute approximate surface area is 246 Å². The van der Waals surface area contributed by atoms with Crippen molar-refractivity contribution in [3.8, 4) is 0 Å². The smallest absolute Gasteiger partial charge is 0.356 e. The predicted octanol–water partition coefficient (Wildman–Crippen LogP) is 3.83. The molecule has 2 saturated carbocycles. The quantitative estimate of drug-likeness (QED) is 0.428. The lowest BCUT2D eigenvalue weighted by atomic mass is 9.59. The summed E-state index contributed by atoms with van der Waals surface area (Å²) < 4.78 is 6.64. The lowest BCUT2D eigenvalue weighted by molar-refractivity contribution is 0.0487. The van der Waals surface area contributed by atoms with Crippen LogP contribution in [0.5, 0.6) is 0 Å². The van der Waals surface area contributed by atoms with Gasteiger partial charge in [0.05, 0.1) is 19.0 Å². The van der Waals surface area contributed by atoms with E-state index < -0.39 is 5.97 Å². The van der Waals surface area contributed by atoms with Crippen molar-refractivity contribution in [3.05, 3.63) is 47.5 Å². The van der Waals surface area contributed by atoms with Crippen LogP contribution in [-0.4, -0.2) is 82.7 Å². The number of anilines is 2. The van der Waals surface area contributed by atoms with E-state index in [0.29, 0.717) is 36.0 Å². The maximum Gasteiger partial charge on any atom is 0.356 e. The molecule has 5 aliphatic rings. The highest BCUT2D eigenvalue weighted by molar-refractivity contribution is 5.91. The number of hydrogen-bond donors (Lipinski definition) is 0. The summed E-state index contributed by atoms with van der Waals surface area (Å²) in [6.07, 6.45) is 9.07. The molecule has 3 atom stereocenters. The summed E-state index contributed by atoms with van der Waals surface area (Å²) in [4.78, 5) is 41.3. The number of esters is 1. The van der Waals surface area contributed by atoms with Crippen molar-refractivity contribution in [1.29, 1.82) is 0 Å². The number of methoxy groups -OCH3 is 1. The second kappa shape index (κ2) is 9.15. The topological polar surface area (TPSA) is 96.2 Å². The number of hydrogen-bond acceptors (Lipinski definition) is 8. The van der Waals surface area contributed by atoms with Gasteiger partial charge in [0, 0.05) is 51.1 Å². The molecule has 0 N–H and O–H groups in total. The van der Waals surface area contributed by atoms with Gasteiger partial charge in [0.25, 0.3) is 5.91 Å². The molecule has 3 aromatic heterocycles. The van der Waals surface area contributed by atoms with E-state index in [1.807, 2.05) is 21.5 Å². The molecular weight excluding hydrogens is 530 g/mol. The van der Waals surface area contributed by atoms with Crippen molar-refractivity contribution in [1.82, 2.24) is 24.5 Å². The van der Waals surface area contributed by atoms with E-state index in [9.17, 15) is 9.59 Å². The first-order chi connectivity index (χ1) is 20.2. The number of carbonyl (C=O) groups is 2. The SMILES string of the molecule is COC(=O)c1cccc(N2CC3CN(C(=O)c4nc5c(C)cc(N6CCC(C)(C7CC8(CC8)C7)C6)cn5n4)CC3C2)n1. The molecule has 0 radical (unpaired) electrons. The fourth-order valence-corrected chi connectivity index (χ4v) is 8.30. The highest BCUT2D eigenvalue weighted by Gasteiger charge is 2.58. The molecule has 8 rings (SSSR count). The number of amides is 1. The summed E-state index contributed by atoms with van der Waals surface area (Å²) in [5.41, 5.74) is 4.41. The van der Waals surface area contributed by atoms with Crippen molar-refractivity contribution < 1.29 is 14.3 Å². The van der Waals surface area contributed by atoms with Crippen LogP contribution in [0.2, 0.25) is 0 Å². The fourth-order valence-electron chi connectivity index (χ4n) is 8.30. The average molecular weight is 570 g/mol. The summed E-state index contributed by atoms with van der Waals surface area (Å²) in [6, 6.07) is 7.64. The van der Waals surface area contributed by atoms with Crippen LogP contribution in [0.1, 0.15) is 65.7 Å². The van der Waals surface area contributed by atoms with Crippen LogP contribution < -0.4 is 9.80 Å². The number of nitrogens with zero attached hydrogens (tertiary/aromatic N) is 7. The Balaban J connectivity index is 0.938. The lowest BCUT2D eigenvalue weighted by Crippen LogP contribution is -2.40. The molecule has 1 spiro atoms. The third-order valence-electron chi connectivity index (χ3n) is 11.2. The Morgan fingerprint density at radius 1 is 1.00 bits per heavy atom. The van der Waals surface area contributed by atoms with Crippen molar-refractivity contribution in [3.63, 3.8) is 0 Å². The van der Waals surface area contributed by atoms with Crippen molar-refractivity contribution in [2.24, 2.45) is 28.6 Å². The second-order valence-electron chi connectivity index (χ2n) is 14.0. The molecule has 5 fully saturated rings. The van der Waals surface area contributed by atoms with Gasteiger partial charge in [-0.05, 0) is 79.5 Å². The summed E-state index contributed by atoms with van der Waals surface area (Å²) >= 11 is 0. The maximum absolute atomic E-state index is 13.6. The standard InChI is InChI=1S/C32H39N7O3/c1-20-11-24(36-10-9-31(2,19-36)23-12-32(13-23)7-8-32)18-39-28(20)34-27(35-39)29(40)38-16-21-14-37(15-22(21)17-38)26-6-4-5-25(33-26)30(41)42-3/h4-6,11,18,21-23H,7-10,12-17,19H2,1-3H3. The van der Waals surface area contributed by atoms with E-state index in [1.54, 1.807) is 6.07 Å². The van der Waals surface area contributed by atoms with Gasteiger partial charge in [-0.15, -0.1) is 5.10 Å². The van der Waals surface area contributed by atoms with Gasteiger partial charge in [0.15, 0.2) is 11.3 Å². The van der Waals surface area contributed by atoms with Gasteiger partial charge in [0.2, 0.25) is 5.82 Å².